The molecule has 0 bridgehead atoms. The van der Waals surface area contributed by atoms with Crippen LogP contribution in [0.5, 0.6) is 5.75 Å². The number of rotatable bonds is 4. The third-order valence-electron chi connectivity index (χ3n) is 2.44. The van der Waals surface area contributed by atoms with Crippen molar-refractivity contribution in [3.8, 4) is 5.75 Å². The van der Waals surface area contributed by atoms with Crippen LogP contribution >= 0.6 is 0 Å². The molecule has 0 amide bonds. The molecule has 0 saturated heterocycles. The van der Waals surface area contributed by atoms with E-state index in [2.05, 4.69) is 25.5 Å². The van der Waals surface area contributed by atoms with Gasteiger partial charge in [0, 0.05) is 0 Å². The van der Waals surface area contributed by atoms with E-state index in [0.29, 0.717) is 6.61 Å². The van der Waals surface area contributed by atoms with Crippen molar-refractivity contribution in [3.05, 3.63) is 60.2 Å². The van der Waals surface area contributed by atoms with Crippen LogP contribution in [0.4, 0.5) is 0 Å². The molecule has 0 aliphatic rings. The van der Waals surface area contributed by atoms with Gasteiger partial charge in [0.05, 0.1) is 0 Å². The molecule has 0 unspecified atom stereocenters. The lowest BCUT2D eigenvalue weighted by Crippen LogP contribution is -2.10. The van der Waals surface area contributed by atoms with Crippen molar-refractivity contribution in [1.82, 2.24) is 0 Å². The average Bonchev–Trinajstić information content (AvgIpc) is 2.38. The third-order valence-corrected chi connectivity index (χ3v) is 2.44. The minimum absolute atomic E-state index is 0.619. The zero-order valence-electron chi connectivity index (χ0n) is 9.39. The number of hydrogen-bond acceptors (Lipinski definition) is 1. The summed E-state index contributed by atoms with van der Waals surface area (Å²) in [4.78, 5) is 0. The van der Waals surface area contributed by atoms with Gasteiger partial charge in [0.15, 0.2) is 0 Å². The largest absolute Gasteiger partial charge is 0.489 e. The van der Waals surface area contributed by atoms with E-state index in [1.54, 1.807) is 0 Å². The van der Waals surface area contributed by atoms with Crippen molar-refractivity contribution in [2.45, 2.75) is 13.4 Å². The van der Waals surface area contributed by atoms with Gasteiger partial charge in [-0.3, -0.25) is 0 Å². The van der Waals surface area contributed by atoms with Crippen molar-refractivity contribution in [3.63, 3.8) is 0 Å². The summed E-state index contributed by atoms with van der Waals surface area (Å²) in [6.07, 6.45) is 0. The standard InChI is InChI=1S/C14H14BO/c1-15-13-8-5-9-14(10-13)16-11-12-6-3-2-4-7-12/h2-10H,11H2,1H3. The Morgan fingerprint density at radius 1 is 1.00 bits per heavy atom. The molecular formula is C14H14BO. The maximum atomic E-state index is 5.71. The second-order valence-electron chi connectivity index (χ2n) is 3.64. The monoisotopic (exact) mass is 209 g/mol. The normalized spacial score (nSPS) is 9.81. The van der Waals surface area contributed by atoms with E-state index >= 15 is 0 Å². The van der Waals surface area contributed by atoms with Crippen molar-refractivity contribution in [2.24, 2.45) is 0 Å². The van der Waals surface area contributed by atoms with Crippen LogP contribution in [0.15, 0.2) is 54.6 Å². The first-order valence-electron chi connectivity index (χ1n) is 5.44. The molecule has 2 aromatic rings. The molecular weight excluding hydrogens is 195 g/mol. The van der Waals surface area contributed by atoms with E-state index in [-0.39, 0.29) is 0 Å². The van der Waals surface area contributed by atoms with Crippen molar-refractivity contribution < 1.29 is 4.74 Å². The summed E-state index contributed by atoms with van der Waals surface area (Å²) in [6, 6.07) is 18.3. The highest BCUT2D eigenvalue weighted by Gasteiger charge is 1.96. The zero-order chi connectivity index (χ0) is 11.2. The molecule has 0 N–H and O–H groups in total. The average molecular weight is 209 g/mol. The predicted molar refractivity (Wildman–Crippen MR) is 68.5 cm³/mol. The van der Waals surface area contributed by atoms with Gasteiger partial charge >= 0.3 is 0 Å². The zero-order valence-corrected chi connectivity index (χ0v) is 9.39. The fraction of sp³-hybridized carbons (Fsp3) is 0.143. The van der Waals surface area contributed by atoms with E-state index in [1.165, 1.54) is 11.0 Å². The third kappa shape index (κ3) is 2.90. The molecule has 0 aromatic heterocycles. The van der Waals surface area contributed by atoms with Gasteiger partial charge in [-0.1, -0.05) is 54.8 Å². The highest BCUT2D eigenvalue weighted by atomic mass is 16.5. The first-order valence-corrected chi connectivity index (χ1v) is 5.44. The summed E-state index contributed by atoms with van der Waals surface area (Å²) >= 11 is 0. The Hall–Kier alpha value is -1.70. The SMILES string of the molecule is C[B]c1cccc(OCc2ccccc2)c1. The quantitative estimate of drug-likeness (QED) is 0.703. The van der Waals surface area contributed by atoms with E-state index in [0.717, 1.165) is 5.75 Å². The van der Waals surface area contributed by atoms with Crippen LogP contribution in [-0.4, -0.2) is 7.28 Å². The Morgan fingerprint density at radius 3 is 2.56 bits per heavy atom. The van der Waals surface area contributed by atoms with Crippen LogP contribution < -0.4 is 10.2 Å². The van der Waals surface area contributed by atoms with Gasteiger partial charge in [-0.2, -0.15) is 0 Å². The summed E-state index contributed by atoms with van der Waals surface area (Å²) in [5, 5.41) is 0. The first-order chi connectivity index (χ1) is 7.88. The maximum absolute atomic E-state index is 5.71. The fourth-order valence-electron chi connectivity index (χ4n) is 1.52. The molecule has 1 radical (unpaired) electrons. The van der Waals surface area contributed by atoms with Crippen LogP contribution in [-0.2, 0) is 6.61 Å². The summed E-state index contributed by atoms with van der Waals surface area (Å²) in [6.45, 7) is 2.64. The van der Waals surface area contributed by atoms with Gasteiger partial charge in [0.1, 0.15) is 19.6 Å². The van der Waals surface area contributed by atoms with Gasteiger partial charge in [0.2, 0.25) is 0 Å². The highest BCUT2D eigenvalue weighted by Crippen LogP contribution is 2.10. The summed E-state index contributed by atoms with van der Waals surface area (Å²) in [5.74, 6) is 0.916. The molecule has 0 spiro atoms. The smallest absolute Gasteiger partial charge is 0.148 e. The Kier molecular flexibility index (Phi) is 3.65. The minimum atomic E-state index is 0.619. The predicted octanol–water partition coefficient (Wildman–Crippen LogP) is 2.64. The second-order valence-corrected chi connectivity index (χ2v) is 3.64. The highest BCUT2D eigenvalue weighted by molar-refractivity contribution is 6.51. The topological polar surface area (TPSA) is 9.23 Å². The summed E-state index contributed by atoms with van der Waals surface area (Å²) in [7, 11) is 2.06. The van der Waals surface area contributed by atoms with Crippen LogP contribution in [0.3, 0.4) is 0 Å². The molecule has 16 heavy (non-hydrogen) atoms. The van der Waals surface area contributed by atoms with Crippen LogP contribution in [0.2, 0.25) is 6.82 Å². The summed E-state index contributed by atoms with van der Waals surface area (Å²) < 4.78 is 5.71. The van der Waals surface area contributed by atoms with E-state index in [4.69, 9.17) is 4.74 Å². The molecule has 0 atom stereocenters. The Balaban J connectivity index is 1.99. The molecule has 0 aliphatic carbocycles. The van der Waals surface area contributed by atoms with Crippen LogP contribution in [0.25, 0.3) is 0 Å². The lowest BCUT2D eigenvalue weighted by Gasteiger charge is -2.07. The molecule has 0 aliphatic heterocycles. The molecule has 2 aromatic carbocycles. The van der Waals surface area contributed by atoms with Crippen LogP contribution in [0, 0.1) is 0 Å². The Labute approximate surface area is 97.3 Å². The van der Waals surface area contributed by atoms with Crippen molar-refractivity contribution in [2.75, 3.05) is 0 Å². The lowest BCUT2D eigenvalue weighted by atomic mass is 9.73. The van der Waals surface area contributed by atoms with Gasteiger partial charge in [-0.25, -0.2) is 0 Å². The number of benzene rings is 2. The first kappa shape index (κ1) is 10.8. The molecule has 2 rings (SSSR count). The van der Waals surface area contributed by atoms with Gasteiger partial charge < -0.3 is 4.74 Å². The van der Waals surface area contributed by atoms with E-state index in [1.807, 2.05) is 43.2 Å². The minimum Gasteiger partial charge on any atom is -0.489 e. The molecule has 2 heteroatoms. The molecule has 0 fully saturated rings. The Bertz CT molecular complexity index is 439. The fourth-order valence-corrected chi connectivity index (χ4v) is 1.52. The second kappa shape index (κ2) is 5.41. The Morgan fingerprint density at radius 2 is 1.81 bits per heavy atom. The molecule has 79 valence electrons. The van der Waals surface area contributed by atoms with Crippen LogP contribution in [0.1, 0.15) is 5.56 Å². The molecule has 0 saturated carbocycles. The van der Waals surface area contributed by atoms with Gasteiger partial charge in [-0.15, -0.1) is 0 Å². The summed E-state index contributed by atoms with van der Waals surface area (Å²) in [5.41, 5.74) is 2.37. The lowest BCUT2D eigenvalue weighted by molar-refractivity contribution is 0.306. The number of hydrogen-bond donors (Lipinski definition) is 0. The molecule has 0 heterocycles. The van der Waals surface area contributed by atoms with Gasteiger partial charge in [-0.05, 0) is 17.7 Å². The maximum Gasteiger partial charge on any atom is 0.148 e. The van der Waals surface area contributed by atoms with E-state index < -0.39 is 0 Å². The van der Waals surface area contributed by atoms with E-state index in [9.17, 15) is 0 Å². The number of ether oxygens (including phenoxy) is 1. The molecule has 1 nitrogen and oxygen atoms in total. The van der Waals surface area contributed by atoms with Crippen molar-refractivity contribution >= 4 is 12.7 Å². The van der Waals surface area contributed by atoms with Gasteiger partial charge in [0.25, 0.3) is 0 Å². The van der Waals surface area contributed by atoms with Crippen molar-refractivity contribution in [1.29, 1.82) is 0 Å².